The fourth-order valence-corrected chi connectivity index (χ4v) is 2.43. The molecule has 0 radical (unpaired) electrons. The molecular weight excluding hydrogens is 437 g/mol. The molecule has 0 spiro atoms. The fraction of sp³-hybridized carbons (Fsp3) is 0.400. The van der Waals surface area contributed by atoms with Crippen LogP contribution in [0.2, 0.25) is 0 Å². The van der Waals surface area contributed by atoms with E-state index in [9.17, 15) is 0 Å². The lowest BCUT2D eigenvalue weighted by atomic mass is 10.1. The summed E-state index contributed by atoms with van der Waals surface area (Å²) in [6.45, 7) is 7.60. The first kappa shape index (κ1) is 22.2. The zero-order valence-electron chi connectivity index (χ0n) is 15.7. The van der Waals surface area contributed by atoms with Crippen molar-refractivity contribution in [3.8, 4) is 0 Å². The summed E-state index contributed by atoms with van der Waals surface area (Å²) in [5, 5.41) is 10.0. The Morgan fingerprint density at radius 1 is 1.00 bits per heavy atom. The monoisotopic (exact) mass is 467 g/mol. The number of aliphatic imine (C=N–C) groups is 1. The van der Waals surface area contributed by atoms with Gasteiger partial charge in [-0.15, -0.1) is 24.0 Å². The second-order valence-corrected chi connectivity index (χ2v) is 5.90. The number of pyridine rings is 1. The molecule has 1 heterocycles. The smallest absolute Gasteiger partial charge is 0.191 e. The largest absolute Gasteiger partial charge is 0.370 e. The highest BCUT2D eigenvalue weighted by atomic mass is 127. The van der Waals surface area contributed by atoms with E-state index in [0.29, 0.717) is 6.54 Å². The van der Waals surface area contributed by atoms with Gasteiger partial charge in [-0.2, -0.15) is 0 Å². The molecule has 0 saturated heterocycles. The van der Waals surface area contributed by atoms with Crippen LogP contribution < -0.4 is 16.0 Å². The summed E-state index contributed by atoms with van der Waals surface area (Å²) in [7, 11) is 0. The van der Waals surface area contributed by atoms with Gasteiger partial charge in [0, 0.05) is 25.8 Å². The highest BCUT2D eigenvalue weighted by Gasteiger charge is 1.99. The minimum absolute atomic E-state index is 0. The van der Waals surface area contributed by atoms with E-state index in [-0.39, 0.29) is 24.0 Å². The molecule has 0 aliphatic carbocycles. The van der Waals surface area contributed by atoms with Crippen LogP contribution in [0.5, 0.6) is 0 Å². The van der Waals surface area contributed by atoms with Crippen molar-refractivity contribution in [2.45, 2.75) is 33.2 Å². The highest BCUT2D eigenvalue weighted by Crippen LogP contribution is 2.07. The van der Waals surface area contributed by atoms with Crippen molar-refractivity contribution in [3.05, 3.63) is 59.8 Å². The van der Waals surface area contributed by atoms with E-state index < -0.39 is 0 Å². The van der Waals surface area contributed by atoms with Crippen LogP contribution in [0.15, 0.2) is 53.7 Å². The van der Waals surface area contributed by atoms with Crippen molar-refractivity contribution >= 4 is 35.8 Å². The van der Waals surface area contributed by atoms with E-state index in [1.807, 2.05) is 18.2 Å². The maximum Gasteiger partial charge on any atom is 0.191 e. The van der Waals surface area contributed by atoms with Crippen molar-refractivity contribution in [1.82, 2.24) is 15.6 Å². The molecule has 6 heteroatoms. The van der Waals surface area contributed by atoms with E-state index in [1.165, 1.54) is 11.1 Å². The van der Waals surface area contributed by atoms with Gasteiger partial charge in [0.15, 0.2) is 5.96 Å². The van der Waals surface area contributed by atoms with Crippen LogP contribution in [0.3, 0.4) is 0 Å². The Balaban J connectivity index is 0.00000338. The van der Waals surface area contributed by atoms with Gasteiger partial charge in [0.25, 0.3) is 0 Å². The zero-order valence-corrected chi connectivity index (χ0v) is 18.0. The standard InChI is InChI=1S/C20H29N5.HI/c1-3-21-20(25-16-18-11-5-4-10-17(18)2)24-15-9-8-14-23-19-12-6-7-13-22-19;/h4-7,10-13H,3,8-9,14-16H2,1-2H3,(H,22,23)(H2,21,24,25);1H. The van der Waals surface area contributed by atoms with E-state index in [2.05, 4.69) is 64.0 Å². The minimum atomic E-state index is 0. The molecule has 2 rings (SSSR count). The van der Waals surface area contributed by atoms with Gasteiger partial charge in [-0.3, -0.25) is 0 Å². The first-order valence-corrected chi connectivity index (χ1v) is 9.01. The Morgan fingerprint density at radius 3 is 2.50 bits per heavy atom. The van der Waals surface area contributed by atoms with Crippen molar-refractivity contribution in [1.29, 1.82) is 0 Å². The number of anilines is 1. The van der Waals surface area contributed by atoms with Crippen LogP contribution in [-0.2, 0) is 6.54 Å². The first-order chi connectivity index (χ1) is 12.3. The molecule has 5 nitrogen and oxygen atoms in total. The number of rotatable bonds is 9. The van der Waals surface area contributed by atoms with Crippen molar-refractivity contribution < 1.29 is 0 Å². The Bertz CT molecular complexity index is 646. The number of nitrogens with one attached hydrogen (secondary N) is 3. The van der Waals surface area contributed by atoms with Gasteiger partial charge in [0.1, 0.15) is 5.82 Å². The third-order valence-electron chi connectivity index (χ3n) is 3.88. The predicted molar refractivity (Wildman–Crippen MR) is 121 cm³/mol. The molecule has 0 unspecified atom stereocenters. The lowest BCUT2D eigenvalue weighted by Gasteiger charge is -2.12. The Labute approximate surface area is 174 Å². The molecule has 0 fully saturated rings. The summed E-state index contributed by atoms with van der Waals surface area (Å²) in [5.41, 5.74) is 2.54. The maximum atomic E-state index is 4.68. The topological polar surface area (TPSA) is 61.3 Å². The van der Waals surface area contributed by atoms with Crippen LogP contribution in [0.25, 0.3) is 0 Å². The molecule has 0 bridgehead atoms. The highest BCUT2D eigenvalue weighted by molar-refractivity contribution is 14.0. The van der Waals surface area contributed by atoms with E-state index in [4.69, 9.17) is 0 Å². The van der Waals surface area contributed by atoms with Crippen molar-refractivity contribution in [2.75, 3.05) is 25.0 Å². The molecule has 0 amide bonds. The van der Waals surface area contributed by atoms with Crippen LogP contribution in [0.4, 0.5) is 5.82 Å². The van der Waals surface area contributed by atoms with Crippen LogP contribution in [0, 0.1) is 6.92 Å². The third kappa shape index (κ3) is 8.51. The molecule has 0 aliphatic rings. The normalized spacial score (nSPS) is 10.8. The molecule has 0 aliphatic heterocycles. The average Bonchev–Trinajstić information content (AvgIpc) is 2.64. The average molecular weight is 467 g/mol. The first-order valence-electron chi connectivity index (χ1n) is 9.01. The molecule has 0 saturated carbocycles. The second-order valence-electron chi connectivity index (χ2n) is 5.90. The zero-order chi connectivity index (χ0) is 17.7. The summed E-state index contributed by atoms with van der Waals surface area (Å²) in [5.74, 6) is 1.81. The summed E-state index contributed by atoms with van der Waals surface area (Å²) in [4.78, 5) is 8.93. The van der Waals surface area contributed by atoms with E-state index in [0.717, 1.165) is 44.3 Å². The van der Waals surface area contributed by atoms with Gasteiger partial charge in [0.05, 0.1) is 6.54 Å². The van der Waals surface area contributed by atoms with Gasteiger partial charge < -0.3 is 16.0 Å². The van der Waals surface area contributed by atoms with Gasteiger partial charge in [-0.25, -0.2) is 9.98 Å². The van der Waals surface area contributed by atoms with E-state index >= 15 is 0 Å². The Hall–Kier alpha value is -1.83. The minimum Gasteiger partial charge on any atom is -0.370 e. The lowest BCUT2D eigenvalue weighted by molar-refractivity contribution is 0.712. The SMILES string of the molecule is CCNC(=NCc1ccccc1C)NCCCCNc1ccccn1.I. The summed E-state index contributed by atoms with van der Waals surface area (Å²) in [6, 6.07) is 14.3. The number of guanidine groups is 1. The van der Waals surface area contributed by atoms with E-state index in [1.54, 1.807) is 6.20 Å². The number of unbranched alkanes of at least 4 members (excludes halogenated alkanes) is 1. The molecule has 26 heavy (non-hydrogen) atoms. The molecule has 3 N–H and O–H groups in total. The van der Waals surface area contributed by atoms with Crippen LogP contribution in [0.1, 0.15) is 30.9 Å². The number of hydrogen-bond acceptors (Lipinski definition) is 3. The number of aromatic nitrogens is 1. The Morgan fingerprint density at radius 2 is 1.77 bits per heavy atom. The maximum absolute atomic E-state index is 4.68. The number of hydrogen-bond donors (Lipinski definition) is 3. The van der Waals surface area contributed by atoms with Crippen molar-refractivity contribution in [3.63, 3.8) is 0 Å². The lowest BCUT2D eigenvalue weighted by Crippen LogP contribution is -2.37. The second kappa shape index (κ2) is 13.4. The fourth-order valence-electron chi connectivity index (χ4n) is 2.43. The summed E-state index contributed by atoms with van der Waals surface area (Å²) < 4.78 is 0. The molecule has 2 aromatic rings. The summed E-state index contributed by atoms with van der Waals surface area (Å²) >= 11 is 0. The number of benzene rings is 1. The number of nitrogens with zero attached hydrogens (tertiary/aromatic N) is 2. The molecule has 1 aromatic carbocycles. The quantitative estimate of drug-likeness (QED) is 0.226. The molecule has 0 atom stereocenters. The predicted octanol–water partition coefficient (Wildman–Crippen LogP) is 3.96. The van der Waals surface area contributed by atoms with Gasteiger partial charge in [-0.05, 0) is 49.9 Å². The van der Waals surface area contributed by atoms with Gasteiger partial charge in [-0.1, -0.05) is 30.3 Å². The van der Waals surface area contributed by atoms with Gasteiger partial charge >= 0.3 is 0 Å². The van der Waals surface area contributed by atoms with Gasteiger partial charge in [0.2, 0.25) is 0 Å². The van der Waals surface area contributed by atoms with Crippen molar-refractivity contribution in [2.24, 2.45) is 4.99 Å². The van der Waals surface area contributed by atoms with Crippen LogP contribution >= 0.6 is 24.0 Å². The third-order valence-corrected chi connectivity index (χ3v) is 3.88. The number of aryl methyl sites for hydroxylation is 1. The molecule has 1 aromatic heterocycles. The molecule has 142 valence electrons. The number of halogens is 1. The molecular formula is C20H30IN5. The summed E-state index contributed by atoms with van der Waals surface area (Å²) in [6.07, 6.45) is 3.97. The Kier molecular flexibility index (Phi) is 11.4. The van der Waals surface area contributed by atoms with Crippen LogP contribution in [-0.4, -0.2) is 30.6 Å².